The zero-order chi connectivity index (χ0) is 14.1. The van der Waals surface area contributed by atoms with E-state index in [1.165, 1.54) is 0 Å². The minimum atomic E-state index is -0.879. The molecule has 0 aliphatic heterocycles. The molecule has 0 aliphatic carbocycles. The second-order valence-electron chi connectivity index (χ2n) is 4.11. The molecule has 1 N–H and O–H groups in total. The van der Waals surface area contributed by atoms with Gasteiger partial charge in [-0.2, -0.15) is 0 Å². The van der Waals surface area contributed by atoms with Crippen molar-refractivity contribution in [1.29, 1.82) is 0 Å². The Bertz CT molecular complexity index is 471. The van der Waals surface area contributed by atoms with Crippen LogP contribution in [0.5, 0.6) is 5.75 Å². The maximum Gasteiger partial charge on any atom is 0.143 e. The number of aliphatic hydroxyl groups is 1. The molecule has 0 fully saturated rings. The van der Waals surface area contributed by atoms with Gasteiger partial charge in [-0.15, -0.1) is 5.92 Å². The van der Waals surface area contributed by atoms with Gasteiger partial charge in [-0.3, -0.25) is 0 Å². The Hall–Kier alpha value is -1.43. The van der Waals surface area contributed by atoms with Crippen LogP contribution in [0, 0.1) is 11.8 Å². The molecule has 0 aromatic heterocycles. The van der Waals surface area contributed by atoms with Crippen LogP contribution >= 0.6 is 11.6 Å². The van der Waals surface area contributed by atoms with E-state index in [0.717, 1.165) is 19.3 Å². The minimum absolute atomic E-state index is 0.380. The summed E-state index contributed by atoms with van der Waals surface area (Å²) in [5.74, 6) is 6.37. The summed E-state index contributed by atoms with van der Waals surface area (Å²) in [4.78, 5) is 0. The zero-order valence-electron chi connectivity index (χ0n) is 11.2. The largest absolute Gasteiger partial charge is 0.489 e. The average Bonchev–Trinajstić information content (AvgIpc) is 2.42. The Morgan fingerprint density at radius 3 is 3.00 bits per heavy atom. The molecule has 1 atom stereocenters. The molecule has 0 saturated carbocycles. The van der Waals surface area contributed by atoms with Crippen LogP contribution in [0.4, 0.5) is 0 Å². The Balaban J connectivity index is 2.85. The molecule has 0 heterocycles. The fourth-order valence-electron chi connectivity index (χ4n) is 1.52. The number of hydrogen-bond acceptors (Lipinski definition) is 2. The van der Waals surface area contributed by atoms with Crippen molar-refractivity contribution in [1.82, 2.24) is 0 Å². The standard InChI is InChI=1S/C16H19ClO2/c1-3-5-6-7-8-15(18)14-12-13(17)9-10-16(14)19-11-4-2/h4,9-10,12,15,18H,2-3,5-6,11H2,1H3. The molecule has 0 amide bonds. The highest BCUT2D eigenvalue weighted by atomic mass is 35.5. The molecule has 19 heavy (non-hydrogen) atoms. The molecule has 102 valence electrons. The van der Waals surface area contributed by atoms with Crippen molar-refractivity contribution >= 4 is 11.6 Å². The van der Waals surface area contributed by atoms with E-state index in [2.05, 4.69) is 25.3 Å². The summed E-state index contributed by atoms with van der Waals surface area (Å²) in [6.45, 7) is 6.08. The first-order valence-electron chi connectivity index (χ1n) is 6.38. The molecule has 1 aromatic rings. The number of halogens is 1. The van der Waals surface area contributed by atoms with Gasteiger partial charge in [0.05, 0.1) is 0 Å². The Kier molecular flexibility index (Phi) is 7.10. The Morgan fingerprint density at radius 2 is 2.32 bits per heavy atom. The predicted octanol–water partition coefficient (Wildman–Crippen LogP) is 4.13. The highest BCUT2D eigenvalue weighted by molar-refractivity contribution is 6.30. The van der Waals surface area contributed by atoms with Gasteiger partial charge in [0.15, 0.2) is 0 Å². The van der Waals surface area contributed by atoms with Crippen molar-refractivity contribution in [2.24, 2.45) is 0 Å². The number of benzene rings is 1. The maximum atomic E-state index is 10.1. The maximum absolute atomic E-state index is 10.1. The van der Waals surface area contributed by atoms with Gasteiger partial charge >= 0.3 is 0 Å². The summed E-state index contributed by atoms with van der Waals surface area (Å²) >= 11 is 5.94. The van der Waals surface area contributed by atoms with E-state index in [1.807, 2.05) is 0 Å². The summed E-state index contributed by atoms with van der Waals surface area (Å²) in [5, 5.41) is 10.6. The lowest BCUT2D eigenvalue weighted by Gasteiger charge is -2.12. The van der Waals surface area contributed by atoms with Crippen molar-refractivity contribution in [3.8, 4) is 17.6 Å². The van der Waals surface area contributed by atoms with Crippen LogP contribution < -0.4 is 4.74 Å². The van der Waals surface area contributed by atoms with Crippen molar-refractivity contribution < 1.29 is 9.84 Å². The second-order valence-corrected chi connectivity index (χ2v) is 4.55. The van der Waals surface area contributed by atoms with Crippen LogP contribution in [0.1, 0.15) is 37.9 Å². The van der Waals surface area contributed by atoms with Crippen molar-refractivity contribution in [3.63, 3.8) is 0 Å². The van der Waals surface area contributed by atoms with E-state index >= 15 is 0 Å². The third kappa shape index (κ3) is 5.38. The quantitative estimate of drug-likeness (QED) is 0.482. The number of unbranched alkanes of at least 4 members (excludes halogenated alkanes) is 2. The van der Waals surface area contributed by atoms with Crippen LogP contribution in [0.25, 0.3) is 0 Å². The topological polar surface area (TPSA) is 29.5 Å². The van der Waals surface area contributed by atoms with Crippen LogP contribution in [-0.2, 0) is 0 Å². The molecule has 1 rings (SSSR count). The van der Waals surface area contributed by atoms with Gasteiger partial charge in [0.2, 0.25) is 0 Å². The van der Waals surface area contributed by atoms with Crippen molar-refractivity contribution in [2.75, 3.05) is 6.61 Å². The second kappa shape index (κ2) is 8.63. The Morgan fingerprint density at radius 1 is 1.53 bits per heavy atom. The van der Waals surface area contributed by atoms with Gasteiger partial charge < -0.3 is 9.84 Å². The minimum Gasteiger partial charge on any atom is -0.489 e. The van der Waals surface area contributed by atoms with Crippen molar-refractivity contribution in [2.45, 2.75) is 32.3 Å². The third-order valence-electron chi connectivity index (χ3n) is 2.52. The lowest BCUT2D eigenvalue weighted by atomic mass is 10.1. The number of rotatable bonds is 6. The van der Waals surface area contributed by atoms with Gasteiger partial charge in [0.1, 0.15) is 18.5 Å². The van der Waals surface area contributed by atoms with Crippen LogP contribution in [0.3, 0.4) is 0 Å². The highest BCUT2D eigenvalue weighted by Gasteiger charge is 2.11. The fourth-order valence-corrected chi connectivity index (χ4v) is 1.71. The van der Waals surface area contributed by atoms with Crippen LogP contribution in [0.15, 0.2) is 30.9 Å². The molecule has 0 radical (unpaired) electrons. The van der Waals surface area contributed by atoms with Crippen LogP contribution in [-0.4, -0.2) is 11.7 Å². The number of aliphatic hydroxyl groups excluding tert-OH is 1. The van der Waals surface area contributed by atoms with Gasteiger partial charge in [-0.05, 0) is 24.6 Å². The fraction of sp³-hybridized carbons (Fsp3) is 0.375. The van der Waals surface area contributed by atoms with Gasteiger partial charge in [-0.25, -0.2) is 0 Å². The Labute approximate surface area is 120 Å². The molecular formula is C16H19ClO2. The highest BCUT2D eigenvalue weighted by Crippen LogP contribution is 2.28. The monoisotopic (exact) mass is 278 g/mol. The summed E-state index contributed by atoms with van der Waals surface area (Å²) in [7, 11) is 0. The van der Waals surface area contributed by atoms with Crippen molar-refractivity contribution in [3.05, 3.63) is 41.4 Å². The van der Waals surface area contributed by atoms with Gasteiger partial charge in [0.25, 0.3) is 0 Å². The zero-order valence-corrected chi connectivity index (χ0v) is 11.9. The summed E-state index contributed by atoms with van der Waals surface area (Å²) in [6, 6.07) is 5.14. The number of ether oxygens (including phenoxy) is 1. The smallest absolute Gasteiger partial charge is 0.143 e. The SMILES string of the molecule is C=CCOc1ccc(Cl)cc1C(O)C#CCCCC. The molecule has 2 nitrogen and oxygen atoms in total. The lowest BCUT2D eigenvalue weighted by Crippen LogP contribution is -2.01. The molecule has 1 unspecified atom stereocenters. The predicted molar refractivity (Wildman–Crippen MR) is 79.4 cm³/mol. The van der Waals surface area contributed by atoms with Gasteiger partial charge in [0, 0.05) is 17.0 Å². The summed E-state index contributed by atoms with van der Waals surface area (Å²) in [5.41, 5.74) is 0.596. The molecule has 0 spiro atoms. The van der Waals surface area contributed by atoms with Gasteiger partial charge in [-0.1, -0.05) is 43.5 Å². The van der Waals surface area contributed by atoms with E-state index in [4.69, 9.17) is 16.3 Å². The van der Waals surface area contributed by atoms with E-state index in [-0.39, 0.29) is 0 Å². The first-order valence-corrected chi connectivity index (χ1v) is 6.76. The van der Waals surface area contributed by atoms with E-state index in [9.17, 15) is 5.11 Å². The summed E-state index contributed by atoms with van der Waals surface area (Å²) in [6.07, 6.45) is 3.69. The van der Waals surface area contributed by atoms with E-state index < -0.39 is 6.10 Å². The first-order chi connectivity index (χ1) is 9.19. The molecular weight excluding hydrogens is 260 g/mol. The summed E-state index contributed by atoms with van der Waals surface area (Å²) < 4.78 is 5.49. The van der Waals surface area contributed by atoms with E-state index in [1.54, 1.807) is 24.3 Å². The number of hydrogen-bond donors (Lipinski definition) is 1. The molecule has 0 aliphatic rings. The normalized spacial score (nSPS) is 11.3. The third-order valence-corrected chi connectivity index (χ3v) is 2.75. The molecule has 3 heteroatoms. The average molecular weight is 279 g/mol. The van der Waals surface area contributed by atoms with Crippen LogP contribution in [0.2, 0.25) is 5.02 Å². The molecule has 0 bridgehead atoms. The lowest BCUT2D eigenvalue weighted by molar-refractivity contribution is 0.230. The first kappa shape index (κ1) is 15.6. The molecule has 0 saturated heterocycles. The molecule has 1 aromatic carbocycles. The van der Waals surface area contributed by atoms with E-state index in [0.29, 0.717) is 22.9 Å².